The molecule has 82 valence electrons. The van der Waals surface area contributed by atoms with Crippen LogP contribution < -0.4 is 0 Å². The standard InChI is InChI=1S/C9H16O3S2/c1-12-4-7-14-9(8(10)11)2-5-13-6-3-9/h2-7H2,1H3,(H,10,11). The van der Waals surface area contributed by atoms with E-state index in [0.717, 1.165) is 30.1 Å². The molecule has 1 rings (SSSR count). The predicted octanol–water partition coefficient (Wildman–Crippen LogP) is 1.72. The molecule has 0 aromatic heterocycles. The van der Waals surface area contributed by atoms with Gasteiger partial charge >= 0.3 is 5.97 Å². The molecule has 1 heterocycles. The van der Waals surface area contributed by atoms with Crippen LogP contribution in [0.2, 0.25) is 0 Å². The summed E-state index contributed by atoms with van der Waals surface area (Å²) in [5, 5.41) is 9.22. The van der Waals surface area contributed by atoms with Gasteiger partial charge in [0.15, 0.2) is 0 Å². The lowest BCUT2D eigenvalue weighted by Gasteiger charge is -2.32. The summed E-state index contributed by atoms with van der Waals surface area (Å²) in [5.41, 5.74) is 0. The Morgan fingerprint density at radius 2 is 2.21 bits per heavy atom. The molecule has 0 aromatic rings. The van der Waals surface area contributed by atoms with E-state index in [0.29, 0.717) is 6.61 Å². The second kappa shape index (κ2) is 5.88. The van der Waals surface area contributed by atoms with Crippen molar-refractivity contribution in [2.75, 3.05) is 31.0 Å². The number of carbonyl (C=O) groups is 1. The molecule has 1 fully saturated rings. The predicted molar refractivity (Wildman–Crippen MR) is 61.3 cm³/mol. The molecule has 1 saturated heterocycles. The van der Waals surface area contributed by atoms with Crippen LogP contribution in [0.1, 0.15) is 12.8 Å². The highest BCUT2D eigenvalue weighted by Gasteiger charge is 2.40. The van der Waals surface area contributed by atoms with E-state index in [4.69, 9.17) is 4.74 Å². The number of rotatable bonds is 5. The number of hydrogen-bond acceptors (Lipinski definition) is 4. The molecule has 0 spiro atoms. The molecule has 0 amide bonds. The summed E-state index contributed by atoms with van der Waals surface area (Å²) < 4.78 is 4.40. The van der Waals surface area contributed by atoms with Crippen molar-refractivity contribution >= 4 is 29.5 Å². The van der Waals surface area contributed by atoms with Crippen molar-refractivity contribution in [3.8, 4) is 0 Å². The summed E-state index contributed by atoms with van der Waals surface area (Å²) >= 11 is 3.39. The molecule has 1 aliphatic rings. The first-order chi connectivity index (χ1) is 6.71. The Bertz CT molecular complexity index is 190. The Kier molecular flexibility index (Phi) is 5.12. The molecule has 5 heteroatoms. The first kappa shape index (κ1) is 12.2. The Labute approximate surface area is 93.0 Å². The zero-order chi connectivity index (χ0) is 10.4. The van der Waals surface area contributed by atoms with E-state index < -0.39 is 10.7 Å². The number of methoxy groups -OCH3 is 1. The summed E-state index contributed by atoms with van der Waals surface area (Å²) in [4.78, 5) is 11.2. The highest BCUT2D eigenvalue weighted by atomic mass is 32.2. The Morgan fingerprint density at radius 1 is 1.57 bits per heavy atom. The van der Waals surface area contributed by atoms with Crippen LogP contribution in [0.3, 0.4) is 0 Å². The highest BCUT2D eigenvalue weighted by Crippen LogP contribution is 2.38. The number of thioether (sulfide) groups is 2. The van der Waals surface area contributed by atoms with Crippen LogP contribution in [-0.4, -0.2) is 46.8 Å². The van der Waals surface area contributed by atoms with Crippen molar-refractivity contribution in [2.24, 2.45) is 0 Å². The highest BCUT2D eigenvalue weighted by molar-refractivity contribution is 8.02. The van der Waals surface area contributed by atoms with Gasteiger partial charge in [-0.3, -0.25) is 4.79 Å². The minimum absolute atomic E-state index is 0.538. The topological polar surface area (TPSA) is 46.5 Å². The van der Waals surface area contributed by atoms with Crippen molar-refractivity contribution in [1.82, 2.24) is 0 Å². The molecule has 14 heavy (non-hydrogen) atoms. The molecule has 0 unspecified atom stereocenters. The third-order valence-electron chi connectivity index (χ3n) is 2.36. The van der Waals surface area contributed by atoms with E-state index >= 15 is 0 Å². The van der Waals surface area contributed by atoms with Crippen LogP contribution in [0.25, 0.3) is 0 Å². The lowest BCUT2D eigenvalue weighted by Crippen LogP contribution is -2.39. The largest absolute Gasteiger partial charge is 0.480 e. The van der Waals surface area contributed by atoms with Crippen LogP contribution in [-0.2, 0) is 9.53 Å². The first-order valence-electron chi connectivity index (χ1n) is 4.65. The van der Waals surface area contributed by atoms with E-state index in [1.54, 1.807) is 7.11 Å². The van der Waals surface area contributed by atoms with Crippen molar-refractivity contribution < 1.29 is 14.6 Å². The van der Waals surface area contributed by atoms with Gasteiger partial charge in [-0.25, -0.2) is 0 Å². The lowest BCUT2D eigenvalue weighted by molar-refractivity contribution is -0.140. The molecule has 0 bridgehead atoms. The van der Waals surface area contributed by atoms with E-state index in [1.165, 1.54) is 11.8 Å². The lowest BCUT2D eigenvalue weighted by atomic mass is 10.0. The summed E-state index contributed by atoms with van der Waals surface area (Å²) in [7, 11) is 1.64. The summed E-state index contributed by atoms with van der Waals surface area (Å²) in [6, 6.07) is 0. The zero-order valence-electron chi connectivity index (χ0n) is 8.32. The van der Waals surface area contributed by atoms with Gasteiger partial charge in [0.1, 0.15) is 4.75 Å². The van der Waals surface area contributed by atoms with Crippen molar-refractivity contribution in [1.29, 1.82) is 0 Å². The molecule has 0 radical (unpaired) electrons. The van der Waals surface area contributed by atoms with Crippen molar-refractivity contribution in [2.45, 2.75) is 17.6 Å². The van der Waals surface area contributed by atoms with Crippen LogP contribution in [0.5, 0.6) is 0 Å². The van der Waals surface area contributed by atoms with Crippen molar-refractivity contribution in [3.05, 3.63) is 0 Å². The fraction of sp³-hybridized carbons (Fsp3) is 0.889. The molecule has 0 aliphatic carbocycles. The van der Waals surface area contributed by atoms with Gasteiger partial charge in [0.2, 0.25) is 0 Å². The van der Waals surface area contributed by atoms with Crippen LogP contribution in [0.15, 0.2) is 0 Å². The molecule has 1 aliphatic heterocycles. The molecular formula is C9H16O3S2. The van der Waals surface area contributed by atoms with Gasteiger partial charge in [0, 0.05) is 12.9 Å². The molecular weight excluding hydrogens is 220 g/mol. The third-order valence-corrected chi connectivity index (χ3v) is 4.85. The quantitative estimate of drug-likeness (QED) is 0.736. The van der Waals surface area contributed by atoms with Gasteiger partial charge < -0.3 is 9.84 Å². The van der Waals surface area contributed by atoms with Crippen LogP contribution >= 0.6 is 23.5 Å². The summed E-state index contributed by atoms with van der Waals surface area (Å²) in [6.07, 6.45) is 1.56. The van der Waals surface area contributed by atoms with Gasteiger partial charge in [-0.1, -0.05) is 0 Å². The van der Waals surface area contributed by atoms with E-state index in [-0.39, 0.29) is 0 Å². The van der Waals surface area contributed by atoms with Gasteiger partial charge in [0.05, 0.1) is 6.61 Å². The maximum absolute atomic E-state index is 11.2. The van der Waals surface area contributed by atoms with E-state index in [2.05, 4.69) is 0 Å². The van der Waals surface area contributed by atoms with E-state index in [1.807, 2.05) is 11.8 Å². The minimum Gasteiger partial charge on any atom is -0.480 e. The number of carboxylic acids is 1. The average Bonchev–Trinajstić information content (AvgIpc) is 2.19. The molecule has 0 saturated carbocycles. The smallest absolute Gasteiger partial charge is 0.319 e. The Hall–Kier alpha value is 0.130. The third kappa shape index (κ3) is 3.07. The summed E-state index contributed by atoms with van der Waals surface area (Å²) in [6.45, 7) is 0.632. The van der Waals surface area contributed by atoms with Gasteiger partial charge in [-0.15, -0.1) is 11.8 Å². The zero-order valence-corrected chi connectivity index (χ0v) is 9.96. The summed E-state index contributed by atoms with van der Waals surface area (Å²) in [5.74, 6) is 2.05. The maximum Gasteiger partial charge on any atom is 0.319 e. The minimum atomic E-state index is -0.654. The Balaban J connectivity index is 2.47. The fourth-order valence-corrected chi connectivity index (χ4v) is 4.15. The van der Waals surface area contributed by atoms with Crippen LogP contribution in [0.4, 0.5) is 0 Å². The number of hydrogen-bond donors (Lipinski definition) is 1. The van der Waals surface area contributed by atoms with E-state index in [9.17, 15) is 9.90 Å². The monoisotopic (exact) mass is 236 g/mol. The van der Waals surface area contributed by atoms with Crippen molar-refractivity contribution in [3.63, 3.8) is 0 Å². The number of ether oxygens (including phenoxy) is 1. The number of aliphatic carboxylic acids is 1. The SMILES string of the molecule is COCCSC1(C(=O)O)CCSCC1. The molecule has 3 nitrogen and oxygen atoms in total. The second-order valence-electron chi connectivity index (χ2n) is 3.25. The molecule has 0 atom stereocenters. The second-order valence-corrected chi connectivity index (χ2v) is 5.96. The normalized spacial score (nSPS) is 20.6. The maximum atomic E-state index is 11.2. The fourth-order valence-electron chi connectivity index (χ4n) is 1.44. The van der Waals surface area contributed by atoms with Gasteiger partial charge in [-0.2, -0.15) is 11.8 Å². The Morgan fingerprint density at radius 3 is 2.71 bits per heavy atom. The molecule has 0 aromatic carbocycles. The van der Waals surface area contributed by atoms with Crippen LogP contribution in [0, 0.1) is 0 Å². The first-order valence-corrected chi connectivity index (χ1v) is 6.79. The van der Waals surface area contributed by atoms with Gasteiger partial charge in [0.25, 0.3) is 0 Å². The average molecular weight is 236 g/mol. The van der Waals surface area contributed by atoms with Gasteiger partial charge in [-0.05, 0) is 24.3 Å². The number of carboxylic acid groups (broad SMARTS) is 1. The molecule has 1 N–H and O–H groups in total.